The zero-order valence-corrected chi connectivity index (χ0v) is 10.5. The standard InChI is InChI=1S/C11H19N3OS/c1-14(5-9-3-2-4-15-7-9)6-10-8-16-11(12)13-10/h8-9H,2-7H2,1H3,(H2,12,13). The van der Waals surface area contributed by atoms with Crippen LogP contribution >= 0.6 is 11.3 Å². The number of anilines is 1. The summed E-state index contributed by atoms with van der Waals surface area (Å²) in [7, 11) is 2.13. The first-order valence-electron chi connectivity index (χ1n) is 5.70. The monoisotopic (exact) mass is 241 g/mol. The second-order valence-electron chi connectivity index (χ2n) is 4.46. The molecule has 1 saturated heterocycles. The lowest BCUT2D eigenvalue weighted by Crippen LogP contribution is -2.30. The summed E-state index contributed by atoms with van der Waals surface area (Å²) in [5.74, 6) is 0.676. The van der Waals surface area contributed by atoms with Crippen LogP contribution in [0.25, 0.3) is 0 Å². The first-order valence-corrected chi connectivity index (χ1v) is 6.58. The fourth-order valence-corrected chi connectivity index (χ4v) is 2.68. The molecule has 5 heteroatoms. The second kappa shape index (κ2) is 5.61. The Morgan fingerprint density at radius 1 is 1.69 bits per heavy atom. The smallest absolute Gasteiger partial charge is 0.180 e. The first-order chi connectivity index (χ1) is 7.74. The highest BCUT2D eigenvalue weighted by Crippen LogP contribution is 2.17. The summed E-state index contributed by atoms with van der Waals surface area (Å²) in [6.45, 7) is 3.80. The van der Waals surface area contributed by atoms with Crippen LogP contribution in [0.15, 0.2) is 5.38 Å². The highest BCUT2D eigenvalue weighted by atomic mass is 32.1. The zero-order valence-electron chi connectivity index (χ0n) is 9.69. The molecule has 0 aliphatic carbocycles. The van der Waals surface area contributed by atoms with Crippen molar-refractivity contribution in [2.24, 2.45) is 5.92 Å². The van der Waals surface area contributed by atoms with Gasteiger partial charge in [-0.05, 0) is 25.8 Å². The Balaban J connectivity index is 1.77. The van der Waals surface area contributed by atoms with E-state index in [1.807, 2.05) is 5.38 Å². The van der Waals surface area contributed by atoms with Crippen LogP contribution in [0, 0.1) is 5.92 Å². The molecule has 1 unspecified atom stereocenters. The van der Waals surface area contributed by atoms with Crippen molar-refractivity contribution in [3.05, 3.63) is 11.1 Å². The highest BCUT2D eigenvalue weighted by Gasteiger charge is 2.16. The Labute approximate surface area is 100 Å². The van der Waals surface area contributed by atoms with Crippen LogP contribution in [0.4, 0.5) is 5.13 Å². The predicted molar refractivity (Wildman–Crippen MR) is 66.4 cm³/mol. The SMILES string of the molecule is CN(Cc1csc(N)n1)CC1CCCOC1. The van der Waals surface area contributed by atoms with Gasteiger partial charge in [0, 0.05) is 25.1 Å². The van der Waals surface area contributed by atoms with Gasteiger partial charge in [0.15, 0.2) is 5.13 Å². The fraction of sp³-hybridized carbons (Fsp3) is 0.727. The van der Waals surface area contributed by atoms with Crippen LogP contribution in [0.2, 0.25) is 0 Å². The molecule has 16 heavy (non-hydrogen) atoms. The molecule has 0 aromatic carbocycles. The molecule has 90 valence electrons. The van der Waals surface area contributed by atoms with Crippen LogP contribution in [0.3, 0.4) is 0 Å². The van der Waals surface area contributed by atoms with Gasteiger partial charge in [-0.2, -0.15) is 0 Å². The molecule has 0 amide bonds. The van der Waals surface area contributed by atoms with Crippen LogP contribution < -0.4 is 5.73 Å². The van der Waals surface area contributed by atoms with Gasteiger partial charge < -0.3 is 15.4 Å². The summed E-state index contributed by atoms with van der Waals surface area (Å²) < 4.78 is 5.48. The Kier molecular flexibility index (Phi) is 4.15. The van der Waals surface area contributed by atoms with Crippen LogP contribution in [0.1, 0.15) is 18.5 Å². The van der Waals surface area contributed by atoms with Gasteiger partial charge in [-0.15, -0.1) is 11.3 Å². The summed E-state index contributed by atoms with van der Waals surface area (Å²) in [4.78, 5) is 6.57. The molecule has 2 N–H and O–H groups in total. The van der Waals surface area contributed by atoms with Crippen molar-refractivity contribution in [1.29, 1.82) is 0 Å². The van der Waals surface area contributed by atoms with Crippen molar-refractivity contribution in [1.82, 2.24) is 9.88 Å². The number of ether oxygens (including phenoxy) is 1. The van der Waals surface area contributed by atoms with E-state index in [-0.39, 0.29) is 0 Å². The van der Waals surface area contributed by atoms with E-state index in [4.69, 9.17) is 10.5 Å². The number of nitrogen functional groups attached to an aromatic ring is 1. The van der Waals surface area contributed by atoms with Gasteiger partial charge in [0.05, 0.1) is 12.3 Å². The summed E-state index contributed by atoms with van der Waals surface area (Å²) in [6.07, 6.45) is 2.48. The highest BCUT2D eigenvalue weighted by molar-refractivity contribution is 7.13. The maximum atomic E-state index is 5.61. The van der Waals surface area contributed by atoms with Crippen molar-refractivity contribution in [3.8, 4) is 0 Å². The minimum Gasteiger partial charge on any atom is -0.381 e. The molecule has 1 aromatic heterocycles. The molecule has 1 fully saturated rings. The number of rotatable bonds is 4. The molecule has 2 rings (SSSR count). The van der Waals surface area contributed by atoms with E-state index >= 15 is 0 Å². The minimum atomic E-state index is 0.657. The van der Waals surface area contributed by atoms with E-state index in [0.717, 1.165) is 32.0 Å². The second-order valence-corrected chi connectivity index (χ2v) is 5.35. The van der Waals surface area contributed by atoms with Crippen LogP contribution in [-0.2, 0) is 11.3 Å². The van der Waals surface area contributed by atoms with Gasteiger partial charge in [0.2, 0.25) is 0 Å². The van der Waals surface area contributed by atoms with E-state index in [1.54, 1.807) is 0 Å². The van der Waals surface area contributed by atoms with E-state index in [1.165, 1.54) is 24.2 Å². The fourth-order valence-electron chi connectivity index (χ4n) is 2.13. The molecule has 1 aliphatic heterocycles. The summed E-state index contributed by atoms with van der Waals surface area (Å²) in [5.41, 5.74) is 6.68. The van der Waals surface area contributed by atoms with Gasteiger partial charge in [0.25, 0.3) is 0 Å². The molecule has 1 atom stereocenters. The van der Waals surface area contributed by atoms with Gasteiger partial charge in [-0.3, -0.25) is 0 Å². The van der Waals surface area contributed by atoms with Gasteiger partial charge in [0.1, 0.15) is 0 Å². The number of aromatic nitrogens is 1. The maximum Gasteiger partial charge on any atom is 0.180 e. The third kappa shape index (κ3) is 3.43. The molecular formula is C11H19N3OS. The zero-order chi connectivity index (χ0) is 11.4. The van der Waals surface area contributed by atoms with E-state index in [0.29, 0.717) is 11.0 Å². The summed E-state index contributed by atoms with van der Waals surface area (Å²) >= 11 is 1.51. The average Bonchev–Trinajstić information content (AvgIpc) is 2.65. The molecule has 0 saturated carbocycles. The topological polar surface area (TPSA) is 51.4 Å². The third-order valence-electron chi connectivity index (χ3n) is 2.83. The third-order valence-corrected chi connectivity index (χ3v) is 3.55. The van der Waals surface area contributed by atoms with Crippen molar-refractivity contribution in [2.45, 2.75) is 19.4 Å². The van der Waals surface area contributed by atoms with E-state index in [2.05, 4.69) is 16.9 Å². The number of hydrogen-bond donors (Lipinski definition) is 1. The number of hydrogen-bond acceptors (Lipinski definition) is 5. The van der Waals surface area contributed by atoms with Crippen molar-refractivity contribution in [2.75, 3.05) is 32.5 Å². The molecule has 1 aliphatic rings. The quantitative estimate of drug-likeness (QED) is 0.869. The van der Waals surface area contributed by atoms with Crippen LogP contribution in [-0.4, -0.2) is 36.7 Å². The summed E-state index contributed by atoms with van der Waals surface area (Å²) in [6, 6.07) is 0. The van der Waals surface area contributed by atoms with Crippen molar-refractivity contribution in [3.63, 3.8) is 0 Å². The van der Waals surface area contributed by atoms with Crippen molar-refractivity contribution < 1.29 is 4.74 Å². The molecule has 4 nitrogen and oxygen atoms in total. The Bertz CT molecular complexity index is 323. The van der Waals surface area contributed by atoms with E-state index < -0.39 is 0 Å². The largest absolute Gasteiger partial charge is 0.381 e. The predicted octanol–water partition coefficient (Wildman–Crippen LogP) is 1.58. The molecule has 2 heterocycles. The average molecular weight is 241 g/mol. The lowest BCUT2D eigenvalue weighted by atomic mass is 10.0. The molecule has 0 spiro atoms. The molecule has 0 radical (unpaired) electrons. The van der Waals surface area contributed by atoms with Gasteiger partial charge in [-0.1, -0.05) is 0 Å². The van der Waals surface area contributed by atoms with Crippen molar-refractivity contribution >= 4 is 16.5 Å². The lowest BCUT2D eigenvalue weighted by Gasteiger charge is -2.26. The molecular weight excluding hydrogens is 222 g/mol. The number of nitrogens with zero attached hydrogens (tertiary/aromatic N) is 2. The Morgan fingerprint density at radius 3 is 3.19 bits per heavy atom. The minimum absolute atomic E-state index is 0.657. The molecule has 1 aromatic rings. The van der Waals surface area contributed by atoms with Gasteiger partial charge >= 0.3 is 0 Å². The number of nitrogens with two attached hydrogens (primary N) is 1. The summed E-state index contributed by atoms with van der Waals surface area (Å²) in [5, 5.41) is 2.69. The molecule has 0 bridgehead atoms. The van der Waals surface area contributed by atoms with E-state index in [9.17, 15) is 0 Å². The number of thiazole rings is 1. The Morgan fingerprint density at radius 2 is 2.56 bits per heavy atom. The van der Waals surface area contributed by atoms with Crippen LogP contribution in [0.5, 0.6) is 0 Å². The van der Waals surface area contributed by atoms with Gasteiger partial charge in [-0.25, -0.2) is 4.98 Å². The lowest BCUT2D eigenvalue weighted by molar-refractivity contribution is 0.0410. The first kappa shape index (κ1) is 11.8. The normalized spacial score (nSPS) is 21.5. The Hall–Kier alpha value is -0.650. The maximum absolute atomic E-state index is 5.61.